The van der Waals surface area contributed by atoms with Crippen molar-refractivity contribution in [1.29, 1.82) is 0 Å². The molecule has 6 nitrogen and oxygen atoms in total. The van der Waals surface area contributed by atoms with Gasteiger partial charge in [0, 0.05) is 32.7 Å². The van der Waals surface area contributed by atoms with Crippen molar-refractivity contribution in [2.75, 3.05) is 37.9 Å². The van der Waals surface area contributed by atoms with Gasteiger partial charge in [0.15, 0.2) is 11.5 Å². The first kappa shape index (κ1) is 18.6. The maximum absolute atomic E-state index is 14.0. The zero-order valence-corrected chi connectivity index (χ0v) is 15.9. The van der Waals surface area contributed by atoms with E-state index in [4.69, 9.17) is 9.47 Å². The molecule has 1 fully saturated rings. The van der Waals surface area contributed by atoms with Crippen molar-refractivity contribution < 1.29 is 18.7 Å². The summed E-state index contributed by atoms with van der Waals surface area (Å²) in [5.41, 5.74) is 1.59. The van der Waals surface area contributed by atoms with Gasteiger partial charge >= 0.3 is 0 Å². The minimum atomic E-state index is -0.239. The van der Waals surface area contributed by atoms with Gasteiger partial charge in [0.05, 0.1) is 11.7 Å². The number of para-hydroxylation sites is 1. The summed E-state index contributed by atoms with van der Waals surface area (Å²) in [7, 11) is 0. The Morgan fingerprint density at radius 2 is 1.86 bits per heavy atom. The molecule has 28 heavy (non-hydrogen) atoms. The van der Waals surface area contributed by atoms with Crippen LogP contribution in [0.1, 0.15) is 12.5 Å². The summed E-state index contributed by atoms with van der Waals surface area (Å²) in [6.07, 6.45) is 0. The van der Waals surface area contributed by atoms with Gasteiger partial charge in [0.2, 0.25) is 12.7 Å². The highest BCUT2D eigenvalue weighted by atomic mass is 19.1. The van der Waals surface area contributed by atoms with Crippen molar-refractivity contribution >= 4 is 11.6 Å². The van der Waals surface area contributed by atoms with Crippen molar-refractivity contribution in [3.05, 3.63) is 53.8 Å². The summed E-state index contributed by atoms with van der Waals surface area (Å²) in [6.45, 7) is 5.41. The third kappa shape index (κ3) is 3.89. The number of hydrogen-bond donors (Lipinski definition) is 1. The Morgan fingerprint density at radius 1 is 1.11 bits per heavy atom. The van der Waals surface area contributed by atoms with Crippen LogP contribution in [0.15, 0.2) is 42.5 Å². The molecule has 0 radical (unpaired) electrons. The first-order valence-corrected chi connectivity index (χ1v) is 9.51. The summed E-state index contributed by atoms with van der Waals surface area (Å²) in [6, 6.07) is 12.2. The number of hydrogen-bond acceptors (Lipinski definition) is 5. The molecule has 2 aromatic rings. The topological polar surface area (TPSA) is 54.0 Å². The molecule has 2 aliphatic heterocycles. The fourth-order valence-corrected chi connectivity index (χ4v) is 3.61. The van der Waals surface area contributed by atoms with Crippen LogP contribution in [-0.2, 0) is 11.3 Å². The number of carbonyl (C=O) groups is 1. The van der Waals surface area contributed by atoms with Gasteiger partial charge in [-0.25, -0.2) is 4.39 Å². The maximum Gasteiger partial charge on any atom is 0.237 e. The van der Waals surface area contributed by atoms with Crippen LogP contribution in [0.3, 0.4) is 0 Å². The number of nitrogens with zero attached hydrogens (tertiary/aromatic N) is 2. The van der Waals surface area contributed by atoms with Gasteiger partial charge in [0.1, 0.15) is 5.82 Å². The van der Waals surface area contributed by atoms with Crippen LogP contribution in [0.5, 0.6) is 11.5 Å². The molecule has 0 spiro atoms. The van der Waals surface area contributed by atoms with Crippen molar-refractivity contribution in [3.63, 3.8) is 0 Å². The van der Waals surface area contributed by atoms with Gasteiger partial charge in [0.25, 0.3) is 0 Å². The van der Waals surface area contributed by atoms with E-state index in [1.165, 1.54) is 6.07 Å². The Hall–Kier alpha value is -2.80. The van der Waals surface area contributed by atoms with Crippen LogP contribution in [0.4, 0.5) is 10.1 Å². The van der Waals surface area contributed by atoms with E-state index in [0.29, 0.717) is 44.2 Å². The molecule has 2 aliphatic rings. The average molecular weight is 385 g/mol. The third-order valence-electron chi connectivity index (χ3n) is 5.34. The molecular weight excluding hydrogens is 361 g/mol. The third-order valence-corrected chi connectivity index (χ3v) is 5.34. The van der Waals surface area contributed by atoms with Crippen molar-refractivity contribution in [3.8, 4) is 11.5 Å². The molecular formula is C21H24FN3O3. The summed E-state index contributed by atoms with van der Waals surface area (Å²) in [5.74, 6) is 1.22. The first-order chi connectivity index (χ1) is 13.6. The van der Waals surface area contributed by atoms with Gasteiger partial charge < -0.3 is 19.7 Å². The number of rotatable bonds is 5. The van der Waals surface area contributed by atoms with Crippen LogP contribution in [0, 0.1) is 5.82 Å². The maximum atomic E-state index is 14.0. The lowest BCUT2D eigenvalue weighted by Crippen LogP contribution is -2.54. The Bertz CT molecular complexity index is 853. The normalized spacial score (nSPS) is 17.4. The van der Waals surface area contributed by atoms with Crippen molar-refractivity contribution in [2.24, 2.45) is 0 Å². The Balaban J connectivity index is 1.28. The number of carbonyl (C=O) groups excluding carboxylic acids is 1. The van der Waals surface area contributed by atoms with Gasteiger partial charge in [-0.15, -0.1) is 0 Å². The largest absolute Gasteiger partial charge is 0.454 e. The van der Waals surface area contributed by atoms with Crippen molar-refractivity contribution in [1.82, 2.24) is 10.2 Å². The van der Waals surface area contributed by atoms with Crippen LogP contribution in [0.2, 0.25) is 0 Å². The van der Waals surface area contributed by atoms with E-state index in [2.05, 4.69) is 10.2 Å². The second kappa shape index (κ2) is 8.06. The lowest BCUT2D eigenvalue weighted by Gasteiger charge is -2.38. The zero-order chi connectivity index (χ0) is 19.5. The number of fused-ring (bicyclic) bond motifs is 1. The highest BCUT2D eigenvalue weighted by Crippen LogP contribution is 2.32. The molecule has 148 valence electrons. The summed E-state index contributed by atoms with van der Waals surface area (Å²) < 4.78 is 24.6. The molecule has 0 aromatic heterocycles. The molecule has 1 amide bonds. The molecule has 1 N–H and O–H groups in total. The fourth-order valence-electron chi connectivity index (χ4n) is 3.61. The SMILES string of the molecule is CC(C(=O)NCc1ccc2c(c1)OCO2)N1CCN(c2ccccc2F)CC1. The predicted molar refractivity (Wildman–Crippen MR) is 104 cm³/mol. The molecule has 1 unspecified atom stereocenters. The molecule has 4 rings (SSSR count). The molecule has 0 saturated carbocycles. The fraction of sp³-hybridized carbons (Fsp3) is 0.381. The number of amides is 1. The molecule has 0 bridgehead atoms. The second-order valence-corrected chi connectivity index (χ2v) is 7.06. The average Bonchev–Trinajstić information content (AvgIpc) is 3.20. The Labute approximate surface area is 163 Å². The number of piperazine rings is 1. The number of benzene rings is 2. The van der Waals surface area contributed by atoms with Crippen LogP contribution < -0.4 is 19.7 Å². The number of halogens is 1. The van der Waals surface area contributed by atoms with Crippen LogP contribution >= 0.6 is 0 Å². The summed E-state index contributed by atoms with van der Waals surface area (Å²) >= 11 is 0. The van der Waals surface area contributed by atoms with E-state index >= 15 is 0 Å². The second-order valence-electron chi connectivity index (χ2n) is 7.06. The molecule has 7 heteroatoms. The Morgan fingerprint density at radius 3 is 2.64 bits per heavy atom. The number of nitrogens with one attached hydrogen (secondary N) is 1. The van der Waals surface area contributed by atoms with Crippen LogP contribution in [-0.4, -0.2) is 49.8 Å². The Kier molecular flexibility index (Phi) is 5.34. The van der Waals surface area contributed by atoms with Crippen LogP contribution in [0.25, 0.3) is 0 Å². The minimum absolute atomic E-state index is 0.0167. The quantitative estimate of drug-likeness (QED) is 0.857. The summed E-state index contributed by atoms with van der Waals surface area (Å²) in [4.78, 5) is 16.7. The van der Waals surface area contributed by atoms with E-state index in [1.54, 1.807) is 12.1 Å². The lowest BCUT2D eigenvalue weighted by atomic mass is 10.1. The summed E-state index contributed by atoms with van der Waals surface area (Å²) in [5, 5.41) is 2.99. The first-order valence-electron chi connectivity index (χ1n) is 9.51. The van der Waals surface area contributed by atoms with E-state index in [1.807, 2.05) is 36.1 Å². The minimum Gasteiger partial charge on any atom is -0.454 e. The molecule has 2 heterocycles. The molecule has 2 aromatic carbocycles. The van der Waals surface area contributed by atoms with E-state index in [0.717, 1.165) is 11.3 Å². The van der Waals surface area contributed by atoms with E-state index in [-0.39, 0.29) is 24.6 Å². The van der Waals surface area contributed by atoms with E-state index in [9.17, 15) is 9.18 Å². The van der Waals surface area contributed by atoms with Gasteiger partial charge in [-0.05, 0) is 36.8 Å². The molecule has 1 saturated heterocycles. The van der Waals surface area contributed by atoms with E-state index < -0.39 is 0 Å². The monoisotopic (exact) mass is 385 g/mol. The van der Waals surface area contributed by atoms with Crippen molar-refractivity contribution in [2.45, 2.75) is 19.5 Å². The lowest BCUT2D eigenvalue weighted by molar-refractivity contribution is -0.126. The highest BCUT2D eigenvalue weighted by Gasteiger charge is 2.26. The van der Waals surface area contributed by atoms with Gasteiger partial charge in [-0.2, -0.15) is 0 Å². The number of anilines is 1. The van der Waals surface area contributed by atoms with Gasteiger partial charge in [-0.1, -0.05) is 18.2 Å². The zero-order valence-electron chi connectivity index (χ0n) is 15.9. The predicted octanol–water partition coefficient (Wildman–Crippen LogP) is 2.38. The number of ether oxygens (including phenoxy) is 2. The molecule has 0 aliphatic carbocycles. The highest BCUT2D eigenvalue weighted by molar-refractivity contribution is 5.81. The molecule has 1 atom stereocenters. The van der Waals surface area contributed by atoms with Gasteiger partial charge in [-0.3, -0.25) is 9.69 Å². The smallest absolute Gasteiger partial charge is 0.237 e. The standard InChI is InChI=1S/C21H24FN3O3/c1-15(21(26)23-13-16-6-7-19-20(12-16)28-14-27-19)24-8-10-25(11-9-24)18-5-3-2-4-17(18)22/h2-7,12,15H,8-11,13-14H2,1H3,(H,23,26).